The van der Waals surface area contributed by atoms with Gasteiger partial charge in [0.15, 0.2) is 5.17 Å². The molecule has 1 saturated heterocycles. The molecule has 0 radical (unpaired) electrons. The number of nitrogens with zero attached hydrogens (tertiary/aromatic N) is 3. The Labute approximate surface area is 229 Å². The molecular weight excluding hydrogens is 494 g/mol. The Hall–Kier alpha value is -3.32. The lowest BCUT2D eigenvalue weighted by molar-refractivity contribution is -0.136. The summed E-state index contributed by atoms with van der Waals surface area (Å²) in [4.78, 5) is 35.5. The highest BCUT2D eigenvalue weighted by Crippen LogP contribution is 2.45. The molecule has 2 aromatic carbocycles. The Morgan fingerprint density at radius 1 is 1.08 bits per heavy atom. The fourth-order valence-electron chi connectivity index (χ4n) is 5.67. The number of hydrogen-bond acceptors (Lipinski definition) is 6. The average Bonchev–Trinajstić information content (AvgIpc) is 3.34. The van der Waals surface area contributed by atoms with Gasteiger partial charge in [0.05, 0.1) is 30.8 Å². The van der Waals surface area contributed by atoms with E-state index in [1.165, 1.54) is 24.4 Å². The number of esters is 1. The topological polar surface area (TPSA) is 62.2 Å². The van der Waals surface area contributed by atoms with Gasteiger partial charge in [-0.05, 0) is 55.1 Å². The molecule has 2 aromatic rings. The molecule has 3 aliphatic rings. The van der Waals surface area contributed by atoms with E-state index in [1.54, 1.807) is 0 Å². The Kier molecular flexibility index (Phi) is 8.03. The van der Waals surface area contributed by atoms with E-state index < -0.39 is 0 Å². The van der Waals surface area contributed by atoms with Crippen molar-refractivity contribution in [1.29, 1.82) is 0 Å². The minimum Gasteiger partial charge on any atom is -0.466 e. The monoisotopic (exact) mass is 529 g/mol. The zero-order valence-corrected chi connectivity index (χ0v) is 23.2. The fourth-order valence-corrected chi connectivity index (χ4v) is 6.61. The van der Waals surface area contributed by atoms with Crippen LogP contribution < -0.4 is 0 Å². The maximum atomic E-state index is 13.5. The standard InChI is InChI=1S/C31H35N3O3S/c1-4-26-28(30(36)37-3)29(24-12-8-9-21(2)17-24)34-25(20-38-31(34)32-26)19-27(35)33-15-13-23(14-16-33)18-22-10-6-5-7-11-22/h5-12,17,20,23,29H,4,13-16,18-19H2,1-3H3. The van der Waals surface area contributed by atoms with Crippen LogP contribution in [0.2, 0.25) is 0 Å². The molecule has 0 N–H and O–H groups in total. The number of carbonyl (C=O) groups is 2. The SMILES string of the molecule is CCC1=C(C(=O)OC)C(c2cccc(C)c2)N2C(CC(=O)N3CCC(Cc4ccccc4)CC3)=CSC2=N1. The molecular formula is C31H35N3O3S. The second-order valence-corrected chi connectivity index (χ2v) is 11.0. The van der Waals surface area contributed by atoms with Gasteiger partial charge in [-0.25, -0.2) is 9.79 Å². The van der Waals surface area contributed by atoms with Crippen LogP contribution in [-0.4, -0.2) is 47.0 Å². The van der Waals surface area contributed by atoms with Crippen LogP contribution in [0.1, 0.15) is 55.3 Å². The van der Waals surface area contributed by atoms with Crippen molar-refractivity contribution in [3.8, 4) is 0 Å². The van der Waals surface area contributed by atoms with Crippen molar-refractivity contribution >= 4 is 28.8 Å². The summed E-state index contributed by atoms with van der Waals surface area (Å²) in [5.74, 6) is 0.359. The first-order valence-corrected chi connectivity index (χ1v) is 14.3. The normalized spacial score (nSPS) is 19.7. The van der Waals surface area contributed by atoms with E-state index >= 15 is 0 Å². The number of carbonyl (C=O) groups excluding carboxylic acids is 2. The van der Waals surface area contributed by atoms with Gasteiger partial charge in [0, 0.05) is 18.8 Å². The van der Waals surface area contributed by atoms with Gasteiger partial charge in [0.25, 0.3) is 0 Å². The lowest BCUT2D eigenvalue weighted by atomic mass is 9.90. The summed E-state index contributed by atoms with van der Waals surface area (Å²) in [6.07, 6.45) is 4.01. The molecule has 0 bridgehead atoms. The molecule has 0 spiro atoms. The highest BCUT2D eigenvalue weighted by molar-refractivity contribution is 8.16. The number of hydrogen-bond donors (Lipinski definition) is 0. The summed E-state index contributed by atoms with van der Waals surface area (Å²) in [5.41, 5.74) is 5.64. The minimum atomic E-state index is -0.379. The van der Waals surface area contributed by atoms with Gasteiger partial charge in [-0.1, -0.05) is 78.8 Å². The van der Waals surface area contributed by atoms with Crippen molar-refractivity contribution in [3.05, 3.63) is 93.7 Å². The molecule has 7 heteroatoms. The Morgan fingerprint density at radius 3 is 2.53 bits per heavy atom. The average molecular weight is 530 g/mol. The second-order valence-electron chi connectivity index (χ2n) is 10.2. The molecule has 0 aromatic heterocycles. The van der Waals surface area contributed by atoms with Gasteiger partial charge in [-0.2, -0.15) is 0 Å². The Morgan fingerprint density at radius 2 is 1.84 bits per heavy atom. The summed E-state index contributed by atoms with van der Waals surface area (Å²) >= 11 is 1.52. The van der Waals surface area contributed by atoms with Gasteiger partial charge < -0.3 is 14.5 Å². The molecule has 1 unspecified atom stereocenters. The third kappa shape index (κ3) is 5.44. The van der Waals surface area contributed by atoms with Crippen LogP contribution in [0.5, 0.6) is 0 Å². The molecule has 38 heavy (non-hydrogen) atoms. The molecule has 1 amide bonds. The molecule has 0 saturated carbocycles. The molecule has 0 aliphatic carbocycles. The summed E-state index contributed by atoms with van der Waals surface area (Å²) in [6.45, 7) is 5.62. The van der Waals surface area contributed by atoms with Gasteiger partial charge in [-0.3, -0.25) is 4.79 Å². The van der Waals surface area contributed by atoms with Crippen molar-refractivity contribution < 1.29 is 14.3 Å². The minimum absolute atomic E-state index is 0.129. The first-order chi connectivity index (χ1) is 18.5. The zero-order chi connectivity index (χ0) is 26.6. The van der Waals surface area contributed by atoms with Gasteiger partial charge in [-0.15, -0.1) is 0 Å². The van der Waals surface area contributed by atoms with Crippen LogP contribution in [0.3, 0.4) is 0 Å². The third-order valence-corrected chi connectivity index (χ3v) is 8.54. The molecule has 3 aliphatic heterocycles. The molecule has 6 nitrogen and oxygen atoms in total. The van der Waals surface area contributed by atoms with E-state index in [1.807, 2.05) is 42.4 Å². The number of amides is 1. The Balaban J connectivity index is 1.33. The maximum absolute atomic E-state index is 13.5. The molecule has 5 rings (SSSR count). The number of fused-ring (bicyclic) bond motifs is 1. The first kappa shape index (κ1) is 26.3. The number of thioether (sulfide) groups is 1. The largest absolute Gasteiger partial charge is 0.466 e. The predicted molar refractivity (Wildman–Crippen MR) is 152 cm³/mol. The van der Waals surface area contributed by atoms with E-state index in [0.717, 1.165) is 60.0 Å². The number of likely N-dealkylation sites (tertiary alicyclic amines) is 1. The number of aliphatic imine (C=N–C) groups is 1. The van der Waals surface area contributed by atoms with Crippen molar-refractivity contribution in [2.75, 3.05) is 20.2 Å². The molecule has 1 atom stereocenters. The summed E-state index contributed by atoms with van der Waals surface area (Å²) in [5, 5.41) is 2.83. The van der Waals surface area contributed by atoms with Crippen LogP contribution in [0.4, 0.5) is 0 Å². The number of methoxy groups -OCH3 is 1. The quantitative estimate of drug-likeness (QED) is 0.412. The number of benzene rings is 2. The van der Waals surface area contributed by atoms with E-state index in [9.17, 15) is 9.59 Å². The smallest absolute Gasteiger partial charge is 0.338 e. The van der Waals surface area contributed by atoms with Crippen molar-refractivity contribution in [3.63, 3.8) is 0 Å². The fraction of sp³-hybridized carbons (Fsp3) is 0.387. The van der Waals surface area contributed by atoms with Crippen LogP contribution >= 0.6 is 11.8 Å². The third-order valence-electron chi connectivity index (χ3n) is 7.65. The van der Waals surface area contributed by atoms with Gasteiger partial charge in [0.1, 0.15) is 0 Å². The van der Waals surface area contributed by atoms with Crippen LogP contribution in [0.25, 0.3) is 0 Å². The maximum Gasteiger partial charge on any atom is 0.338 e. The number of rotatable bonds is 7. The molecule has 1 fully saturated rings. The van der Waals surface area contributed by atoms with Gasteiger partial charge in [0.2, 0.25) is 5.91 Å². The highest BCUT2D eigenvalue weighted by atomic mass is 32.2. The summed E-state index contributed by atoms with van der Waals surface area (Å²) in [7, 11) is 1.41. The summed E-state index contributed by atoms with van der Waals surface area (Å²) < 4.78 is 5.22. The second kappa shape index (κ2) is 11.6. The zero-order valence-electron chi connectivity index (χ0n) is 22.4. The number of amidine groups is 1. The number of allylic oxidation sites excluding steroid dienone is 1. The van der Waals surface area contributed by atoms with Crippen LogP contribution in [0, 0.1) is 12.8 Å². The van der Waals surface area contributed by atoms with Crippen molar-refractivity contribution in [2.24, 2.45) is 10.9 Å². The highest BCUT2D eigenvalue weighted by Gasteiger charge is 2.42. The number of aryl methyl sites for hydroxylation is 1. The molecule has 3 heterocycles. The number of piperidine rings is 1. The lowest BCUT2D eigenvalue weighted by Crippen LogP contribution is -2.41. The Bertz CT molecular complexity index is 1290. The lowest BCUT2D eigenvalue weighted by Gasteiger charge is -2.37. The van der Waals surface area contributed by atoms with E-state index in [-0.39, 0.29) is 24.3 Å². The number of ether oxygens (including phenoxy) is 1. The predicted octanol–water partition coefficient (Wildman–Crippen LogP) is 6.00. The van der Waals surface area contributed by atoms with E-state index in [0.29, 0.717) is 17.9 Å². The first-order valence-electron chi connectivity index (χ1n) is 13.4. The van der Waals surface area contributed by atoms with Crippen LogP contribution in [-0.2, 0) is 20.7 Å². The van der Waals surface area contributed by atoms with Crippen molar-refractivity contribution in [2.45, 2.75) is 52.0 Å². The van der Waals surface area contributed by atoms with Crippen LogP contribution in [0.15, 0.2) is 82.0 Å². The van der Waals surface area contributed by atoms with E-state index in [4.69, 9.17) is 9.73 Å². The van der Waals surface area contributed by atoms with Gasteiger partial charge >= 0.3 is 5.97 Å². The summed E-state index contributed by atoms with van der Waals surface area (Å²) in [6, 6.07) is 18.4. The van der Waals surface area contributed by atoms with Crippen molar-refractivity contribution in [1.82, 2.24) is 9.80 Å². The molecule has 198 valence electrons. The van der Waals surface area contributed by atoms with E-state index in [2.05, 4.69) is 41.3 Å².